The third-order valence-corrected chi connectivity index (χ3v) is 7.09. The highest BCUT2D eigenvalue weighted by molar-refractivity contribution is 5.85. The van der Waals surface area contributed by atoms with Gasteiger partial charge in [-0.3, -0.25) is 5.32 Å². The van der Waals surface area contributed by atoms with Gasteiger partial charge in [-0.25, -0.2) is 14.6 Å². The number of piperidine rings is 1. The minimum atomic E-state index is -0.562. The maximum absolute atomic E-state index is 12.6. The van der Waals surface area contributed by atoms with Crippen LogP contribution in [0.3, 0.4) is 0 Å². The largest absolute Gasteiger partial charge is 0.486 e. The number of aromatic nitrogens is 2. The molecule has 0 aliphatic carbocycles. The predicted octanol–water partition coefficient (Wildman–Crippen LogP) is 7.70. The SMILES string of the molecule is Cc1cccc2c1nc(COc1ccc(NC(=O)OC(C)(C)C)cc1)n2CCCC1CCCN(C(=O)OC(C)(C)C)C1. The Hall–Kier alpha value is -3.75. The lowest BCUT2D eigenvalue weighted by molar-refractivity contribution is 0.0160. The van der Waals surface area contributed by atoms with Gasteiger partial charge < -0.3 is 23.7 Å². The monoisotopic (exact) mass is 578 g/mol. The van der Waals surface area contributed by atoms with Crippen molar-refractivity contribution in [1.29, 1.82) is 0 Å². The van der Waals surface area contributed by atoms with Gasteiger partial charge in [-0.2, -0.15) is 0 Å². The average molecular weight is 579 g/mol. The van der Waals surface area contributed by atoms with E-state index in [1.54, 1.807) is 12.1 Å². The van der Waals surface area contributed by atoms with Crippen molar-refractivity contribution in [3.05, 3.63) is 53.9 Å². The Morgan fingerprint density at radius 2 is 1.71 bits per heavy atom. The van der Waals surface area contributed by atoms with Crippen molar-refractivity contribution < 1.29 is 23.8 Å². The van der Waals surface area contributed by atoms with Crippen molar-refractivity contribution in [3.63, 3.8) is 0 Å². The minimum Gasteiger partial charge on any atom is -0.486 e. The second-order valence-electron chi connectivity index (χ2n) is 13.1. The number of hydrogen-bond acceptors (Lipinski definition) is 6. The highest BCUT2D eigenvalue weighted by Gasteiger charge is 2.27. The zero-order chi connectivity index (χ0) is 30.5. The number of amides is 2. The van der Waals surface area contributed by atoms with Gasteiger partial charge in [0.1, 0.15) is 29.4 Å². The molecule has 1 N–H and O–H groups in total. The molecule has 2 amide bonds. The van der Waals surface area contributed by atoms with E-state index >= 15 is 0 Å². The Labute approximate surface area is 249 Å². The van der Waals surface area contributed by atoms with Crippen molar-refractivity contribution in [2.75, 3.05) is 18.4 Å². The smallest absolute Gasteiger partial charge is 0.412 e. The van der Waals surface area contributed by atoms with Crippen LogP contribution in [-0.2, 0) is 22.6 Å². The summed E-state index contributed by atoms with van der Waals surface area (Å²) >= 11 is 0. The number of ether oxygens (including phenoxy) is 3. The fourth-order valence-electron chi connectivity index (χ4n) is 5.23. The fraction of sp³-hybridized carbons (Fsp3) is 0.545. The normalized spacial score (nSPS) is 15.9. The molecule has 0 radical (unpaired) electrons. The van der Waals surface area contributed by atoms with Crippen LogP contribution >= 0.6 is 0 Å². The van der Waals surface area contributed by atoms with E-state index in [4.69, 9.17) is 19.2 Å². The molecule has 9 nitrogen and oxygen atoms in total. The second kappa shape index (κ2) is 13.0. The van der Waals surface area contributed by atoms with E-state index in [0.717, 1.165) is 67.7 Å². The molecule has 0 saturated carbocycles. The van der Waals surface area contributed by atoms with Crippen LogP contribution in [0.4, 0.5) is 15.3 Å². The van der Waals surface area contributed by atoms with E-state index in [2.05, 4.69) is 35.0 Å². The number of anilines is 1. The number of fused-ring (bicyclic) bond motifs is 1. The third-order valence-electron chi connectivity index (χ3n) is 7.09. The van der Waals surface area contributed by atoms with Gasteiger partial charge in [0.05, 0.1) is 11.0 Å². The van der Waals surface area contributed by atoms with Crippen LogP contribution in [0.1, 0.15) is 78.6 Å². The standard InChI is InChI=1S/C33H46N4O5/c1-23-11-8-14-27-29(23)35-28(22-40-26-17-15-25(16-18-26)34-30(38)41-32(2,3)4)37(27)20-10-13-24-12-9-19-36(21-24)31(39)42-33(5,6)7/h8,11,14-18,24H,9-10,12-13,19-22H2,1-7H3,(H,34,38). The van der Waals surface area contributed by atoms with E-state index in [1.165, 1.54) is 0 Å². The van der Waals surface area contributed by atoms with Crippen molar-refractivity contribution in [3.8, 4) is 5.75 Å². The number of nitrogens with zero attached hydrogens (tertiary/aromatic N) is 3. The van der Waals surface area contributed by atoms with Crippen LogP contribution < -0.4 is 10.1 Å². The number of nitrogens with one attached hydrogen (secondary N) is 1. The van der Waals surface area contributed by atoms with Crippen LogP contribution in [0.5, 0.6) is 5.75 Å². The van der Waals surface area contributed by atoms with Gasteiger partial charge in [0.25, 0.3) is 0 Å². The molecular formula is C33H46N4O5. The van der Waals surface area contributed by atoms with Crippen LogP contribution in [0, 0.1) is 12.8 Å². The Morgan fingerprint density at radius 3 is 2.40 bits per heavy atom. The molecule has 1 saturated heterocycles. The molecule has 0 bridgehead atoms. The number of hydrogen-bond donors (Lipinski definition) is 1. The van der Waals surface area contributed by atoms with E-state index in [0.29, 0.717) is 24.0 Å². The summed E-state index contributed by atoms with van der Waals surface area (Å²) in [6.45, 7) is 15.9. The summed E-state index contributed by atoms with van der Waals surface area (Å²) in [7, 11) is 0. The molecule has 2 aromatic carbocycles. The Kier molecular flexibility index (Phi) is 9.69. The summed E-state index contributed by atoms with van der Waals surface area (Å²) in [5.74, 6) is 2.01. The van der Waals surface area contributed by atoms with E-state index < -0.39 is 17.3 Å². The maximum atomic E-state index is 12.6. The van der Waals surface area contributed by atoms with Crippen molar-refractivity contribution in [2.45, 2.75) is 98.5 Å². The molecule has 228 valence electrons. The highest BCUT2D eigenvalue weighted by Crippen LogP contribution is 2.26. The van der Waals surface area contributed by atoms with Crippen molar-refractivity contribution in [1.82, 2.24) is 14.5 Å². The van der Waals surface area contributed by atoms with Crippen LogP contribution in [0.2, 0.25) is 0 Å². The number of benzene rings is 2. The van der Waals surface area contributed by atoms with Gasteiger partial charge in [-0.15, -0.1) is 0 Å². The molecular weight excluding hydrogens is 532 g/mol. The lowest BCUT2D eigenvalue weighted by Gasteiger charge is -2.34. The predicted molar refractivity (Wildman–Crippen MR) is 165 cm³/mol. The number of aryl methyl sites for hydroxylation is 2. The number of carbonyl (C=O) groups excluding carboxylic acids is 2. The lowest BCUT2D eigenvalue weighted by atomic mass is 9.93. The summed E-state index contributed by atoms with van der Waals surface area (Å²) in [6, 6.07) is 13.5. The molecule has 42 heavy (non-hydrogen) atoms. The van der Waals surface area contributed by atoms with E-state index in [-0.39, 0.29) is 6.09 Å². The number of carbonyl (C=O) groups is 2. The molecule has 3 aromatic rings. The average Bonchev–Trinajstić information content (AvgIpc) is 3.25. The van der Waals surface area contributed by atoms with Gasteiger partial charge in [0, 0.05) is 25.3 Å². The van der Waals surface area contributed by atoms with Crippen LogP contribution in [-0.4, -0.2) is 50.9 Å². The topological polar surface area (TPSA) is 94.9 Å². The first-order valence-electron chi connectivity index (χ1n) is 14.9. The minimum absolute atomic E-state index is 0.212. The van der Waals surface area contributed by atoms with E-state index in [1.807, 2.05) is 58.6 Å². The molecule has 9 heteroatoms. The highest BCUT2D eigenvalue weighted by atomic mass is 16.6. The first kappa shape index (κ1) is 31.2. The summed E-state index contributed by atoms with van der Waals surface area (Å²) in [6.07, 6.45) is 3.42. The summed E-state index contributed by atoms with van der Waals surface area (Å²) in [4.78, 5) is 31.5. The van der Waals surface area contributed by atoms with E-state index in [9.17, 15) is 9.59 Å². The quantitative estimate of drug-likeness (QED) is 0.294. The molecule has 1 aliphatic rings. The van der Waals surface area contributed by atoms with Gasteiger partial charge in [-0.05, 0) is 116 Å². The first-order chi connectivity index (χ1) is 19.8. The zero-order valence-corrected chi connectivity index (χ0v) is 26.2. The number of likely N-dealkylation sites (tertiary alicyclic amines) is 1. The second-order valence-corrected chi connectivity index (χ2v) is 13.1. The Bertz CT molecular complexity index is 1370. The Balaban J connectivity index is 1.37. The summed E-state index contributed by atoms with van der Waals surface area (Å²) in [5.41, 5.74) is 2.81. The molecule has 1 atom stereocenters. The molecule has 2 heterocycles. The molecule has 1 aromatic heterocycles. The molecule has 1 unspecified atom stereocenters. The fourth-order valence-corrected chi connectivity index (χ4v) is 5.23. The van der Waals surface area contributed by atoms with Crippen molar-refractivity contribution >= 4 is 28.9 Å². The molecule has 1 aliphatic heterocycles. The maximum Gasteiger partial charge on any atom is 0.412 e. The third kappa shape index (κ3) is 8.87. The van der Waals surface area contributed by atoms with Crippen LogP contribution in [0.15, 0.2) is 42.5 Å². The first-order valence-corrected chi connectivity index (χ1v) is 14.9. The lowest BCUT2D eigenvalue weighted by Crippen LogP contribution is -2.42. The number of para-hydroxylation sites is 1. The molecule has 0 spiro atoms. The summed E-state index contributed by atoms with van der Waals surface area (Å²) in [5, 5.41) is 2.74. The summed E-state index contributed by atoms with van der Waals surface area (Å²) < 4.78 is 19.3. The Morgan fingerprint density at radius 1 is 1.00 bits per heavy atom. The molecule has 4 rings (SSSR count). The van der Waals surface area contributed by atoms with Gasteiger partial charge >= 0.3 is 12.2 Å². The van der Waals surface area contributed by atoms with Gasteiger partial charge in [-0.1, -0.05) is 12.1 Å². The van der Waals surface area contributed by atoms with Gasteiger partial charge in [0.15, 0.2) is 0 Å². The molecule has 1 fully saturated rings. The number of imidazole rings is 1. The zero-order valence-electron chi connectivity index (χ0n) is 26.2. The van der Waals surface area contributed by atoms with Crippen LogP contribution in [0.25, 0.3) is 11.0 Å². The number of rotatable bonds is 8. The van der Waals surface area contributed by atoms with Crippen molar-refractivity contribution in [2.24, 2.45) is 5.92 Å². The van der Waals surface area contributed by atoms with Gasteiger partial charge in [0.2, 0.25) is 0 Å².